The number of fused-ring (bicyclic) bond motifs is 1. The third-order valence-electron chi connectivity index (χ3n) is 5.69. The van der Waals surface area contributed by atoms with Gasteiger partial charge in [0.05, 0.1) is 12.6 Å². The molecule has 4 rings (SSSR count). The summed E-state index contributed by atoms with van der Waals surface area (Å²) >= 11 is 0. The number of carbonyl (C=O) groups is 1. The van der Waals surface area contributed by atoms with Crippen LogP contribution < -0.4 is 14.8 Å². The fourth-order valence-electron chi connectivity index (χ4n) is 4.06. The van der Waals surface area contributed by atoms with Crippen molar-refractivity contribution in [2.45, 2.75) is 44.2 Å². The second kappa shape index (κ2) is 6.81. The van der Waals surface area contributed by atoms with Gasteiger partial charge in [-0.05, 0) is 62.8 Å². The van der Waals surface area contributed by atoms with Crippen molar-refractivity contribution < 1.29 is 14.3 Å². The highest BCUT2D eigenvalue weighted by Gasteiger charge is 2.43. The molecule has 1 amide bonds. The van der Waals surface area contributed by atoms with E-state index in [0.29, 0.717) is 25.7 Å². The van der Waals surface area contributed by atoms with Crippen LogP contribution in [0.5, 0.6) is 11.5 Å². The molecule has 3 aliphatic rings. The summed E-state index contributed by atoms with van der Waals surface area (Å²) in [6.07, 6.45) is 4.12. The van der Waals surface area contributed by atoms with Crippen LogP contribution in [0.3, 0.4) is 0 Å². The van der Waals surface area contributed by atoms with Crippen LogP contribution in [0.15, 0.2) is 18.2 Å². The molecule has 6 heteroatoms. The van der Waals surface area contributed by atoms with E-state index >= 15 is 0 Å². The van der Waals surface area contributed by atoms with E-state index in [1.54, 1.807) is 0 Å². The van der Waals surface area contributed by atoms with Gasteiger partial charge in [0.1, 0.15) is 18.8 Å². The predicted octanol–water partition coefficient (Wildman–Crippen LogP) is 2.40. The molecule has 2 heterocycles. The van der Waals surface area contributed by atoms with Gasteiger partial charge in [0.2, 0.25) is 5.91 Å². The maximum Gasteiger partial charge on any atom is 0.235 e. The van der Waals surface area contributed by atoms with Crippen LogP contribution >= 0.6 is 0 Å². The first-order chi connectivity index (χ1) is 12.6. The number of ether oxygens (including phenoxy) is 2. The van der Waals surface area contributed by atoms with Gasteiger partial charge in [-0.3, -0.25) is 9.69 Å². The highest BCUT2D eigenvalue weighted by molar-refractivity contribution is 5.79. The lowest BCUT2D eigenvalue weighted by atomic mass is 9.98. The first-order valence-corrected chi connectivity index (χ1v) is 9.45. The lowest BCUT2D eigenvalue weighted by molar-refractivity contribution is -0.123. The molecular formula is C20H25N3O3. The van der Waals surface area contributed by atoms with Crippen LogP contribution in [0, 0.1) is 17.2 Å². The summed E-state index contributed by atoms with van der Waals surface area (Å²) in [6, 6.07) is 8.56. The fraction of sp³-hybridized carbons (Fsp3) is 0.600. The Bertz CT molecular complexity index is 740. The molecule has 138 valence electrons. The van der Waals surface area contributed by atoms with Gasteiger partial charge in [-0.2, -0.15) is 5.26 Å². The number of carbonyl (C=O) groups excluding carboxylic acids is 1. The zero-order valence-electron chi connectivity index (χ0n) is 15.2. The van der Waals surface area contributed by atoms with Crippen LogP contribution in [-0.4, -0.2) is 42.6 Å². The molecule has 0 radical (unpaired) electrons. The van der Waals surface area contributed by atoms with Gasteiger partial charge in [-0.1, -0.05) is 6.07 Å². The van der Waals surface area contributed by atoms with E-state index in [2.05, 4.69) is 22.4 Å². The average Bonchev–Trinajstić information content (AvgIpc) is 3.42. The van der Waals surface area contributed by atoms with Crippen LogP contribution in [-0.2, 0) is 4.79 Å². The van der Waals surface area contributed by atoms with Crippen molar-refractivity contribution in [3.05, 3.63) is 23.8 Å². The van der Waals surface area contributed by atoms with Gasteiger partial charge in [0.15, 0.2) is 11.5 Å². The molecule has 1 aliphatic carbocycles. The Labute approximate surface area is 154 Å². The molecule has 1 saturated heterocycles. The van der Waals surface area contributed by atoms with Gasteiger partial charge in [-0.25, -0.2) is 0 Å². The molecule has 2 atom stereocenters. The molecule has 2 unspecified atom stereocenters. The minimum Gasteiger partial charge on any atom is -0.486 e. The molecule has 1 N–H and O–H groups in total. The first kappa shape index (κ1) is 17.2. The van der Waals surface area contributed by atoms with Gasteiger partial charge in [0, 0.05) is 6.04 Å². The maximum atomic E-state index is 12.6. The molecule has 2 aliphatic heterocycles. The first-order valence-electron chi connectivity index (χ1n) is 9.45. The van der Waals surface area contributed by atoms with E-state index in [4.69, 9.17) is 9.47 Å². The summed E-state index contributed by atoms with van der Waals surface area (Å²) in [4.78, 5) is 14.8. The minimum atomic E-state index is -0.733. The largest absolute Gasteiger partial charge is 0.486 e. The molecule has 0 bridgehead atoms. The Balaban J connectivity index is 1.43. The van der Waals surface area contributed by atoms with Crippen LogP contribution in [0.1, 0.15) is 44.2 Å². The lowest BCUT2D eigenvalue weighted by Gasteiger charge is -2.28. The monoisotopic (exact) mass is 355 g/mol. The Hall–Kier alpha value is -2.26. The normalized spacial score (nSPS) is 24.5. The minimum absolute atomic E-state index is 0.0645. The van der Waals surface area contributed by atoms with Crippen molar-refractivity contribution in [1.29, 1.82) is 5.26 Å². The Morgan fingerprint density at radius 2 is 2.08 bits per heavy atom. The second-order valence-corrected chi connectivity index (χ2v) is 7.67. The third kappa shape index (κ3) is 3.36. The van der Waals surface area contributed by atoms with E-state index in [1.807, 2.05) is 19.1 Å². The number of benzene rings is 1. The van der Waals surface area contributed by atoms with Crippen LogP contribution in [0.4, 0.5) is 0 Å². The third-order valence-corrected chi connectivity index (χ3v) is 5.69. The van der Waals surface area contributed by atoms with Gasteiger partial charge in [0.25, 0.3) is 0 Å². The van der Waals surface area contributed by atoms with Crippen LogP contribution in [0.2, 0.25) is 0 Å². The van der Waals surface area contributed by atoms with Gasteiger partial charge in [-0.15, -0.1) is 0 Å². The summed E-state index contributed by atoms with van der Waals surface area (Å²) in [6.45, 7) is 4.20. The molecular weight excluding hydrogens is 330 g/mol. The molecule has 1 saturated carbocycles. The number of nitrogens with one attached hydrogen (secondary N) is 1. The molecule has 6 nitrogen and oxygen atoms in total. The fourth-order valence-corrected chi connectivity index (χ4v) is 4.06. The van der Waals surface area contributed by atoms with E-state index in [9.17, 15) is 10.1 Å². The number of nitriles is 1. The van der Waals surface area contributed by atoms with Crippen LogP contribution in [0.25, 0.3) is 0 Å². The zero-order valence-corrected chi connectivity index (χ0v) is 15.2. The lowest BCUT2D eigenvalue weighted by Crippen LogP contribution is -2.50. The molecule has 0 spiro atoms. The van der Waals surface area contributed by atoms with E-state index in [1.165, 1.54) is 0 Å². The van der Waals surface area contributed by atoms with E-state index < -0.39 is 5.54 Å². The van der Waals surface area contributed by atoms with Crippen molar-refractivity contribution in [3.8, 4) is 17.6 Å². The number of rotatable bonds is 5. The number of hydrogen-bond acceptors (Lipinski definition) is 5. The van der Waals surface area contributed by atoms with Gasteiger partial charge >= 0.3 is 0 Å². The van der Waals surface area contributed by atoms with Crippen molar-refractivity contribution in [2.24, 2.45) is 5.92 Å². The number of amides is 1. The highest BCUT2D eigenvalue weighted by atomic mass is 16.6. The summed E-state index contributed by atoms with van der Waals surface area (Å²) in [5, 5.41) is 12.4. The number of hydrogen-bond donors (Lipinski definition) is 1. The van der Waals surface area contributed by atoms with Gasteiger partial charge < -0.3 is 14.8 Å². The Morgan fingerprint density at radius 1 is 1.31 bits per heavy atom. The van der Waals surface area contributed by atoms with E-state index in [-0.39, 0.29) is 11.9 Å². The molecule has 1 aromatic carbocycles. The number of likely N-dealkylation sites (tertiary alicyclic amines) is 1. The molecule has 1 aromatic rings. The zero-order chi connectivity index (χ0) is 18.1. The summed E-state index contributed by atoms with van der Waals surface area (Å²) in [7, 11) is 0. The van der Waals surface area contributed by atoms with Crippen molar-refractivity contribution in [1.82, 2.24) is 10.2 Å². The molecule has 0 aromatic heterocycles. The Morgan fingerprint density at radius 3 is 2.81 bits per heavy atom. The molecule has 2 fully saturated rings. The SMILES string of the molecule is CC(C#N)(NC(=O)CN1CCCC1c1ccc2c(c1)OCCO2)C1CC1. The highest BCUT2D eigenvalue weighted by Crippen LogP contribution is 2.40. The molecule has 26 heavy (non-hydrogen) atoms. The number of nitrogens with zero attached hydrogens (tertiary/aromatic N) is 2. The standard InChI is InChI=1S/C20H25N3O3/c1-20(13-21,15-5-6-15)22-19(24)12-23-8-2-3-16(23)14-4-7-17-18(11-14)26-10-9-25-17/h4,7,11,15-16H,2-3,5-6,8-10,12H2,1H3,(H,22,24). The topological polar surface area (TPSA) is 74.6 Å². The smallest absolute Gasteiger partial charge is 0.235 e. The van der Waals surface area contributed by atoms with Crippen molar-refractivity contribution in [3.63, 3.8) is 0 Å². The predicted molar refractivity (Wildman–Crippen MR) is 95.9 cm³/mol. The summed E-state index contributed by atoms with van der Waals surface area (Å²) < 4.78 is 11.3. The van der Waals surface area contributed by atoms with E-state index in [0.717, 1.165) is 49.3 Å². The summed E-state index contributed by atoms with van der Waals surface area (Å²) in [5.74, 6) is 1.81. The maximum absolute atomic E-state index is 12.6. The Kier molecular flexibility index (Phi) is 4.49. The summed E-state index contributed by atoms with van der Waals surface area (Å²) in [5.41, 5.74) is 0.424. The van der Waals surface area contributed by atoms with Crippen molar-refractivity contribution >= 4 is 5.91 Å². The average molecular weight is 355 g/mol. The van der Waals surface area contributed by atoms with Crippen molar-refractivity contribution in [2.75, 3.05) is 26.3 Å². The second-order valence-electron chi connectivity index (χ2n) is 7.67. The quantitative estimate of drug-likeness (QED) is 0.878.